The Morgan fingerprint density at radius 2 is 1.25 bits per heavy atom. The van der Waals surface area contributed by atoms with Crippen LogP contribution in [0.1, 0.15) is 40.1 Å². The minimum absolute atomic E-state index is 0.237. The molecule has 202 valence electrons. The molecule has 0 N–H and O–H groups in total. The summed E-state index contributed by atoms with van der Waals surface area (Å²) in [4.78, 5) is 35.2. The van der Waals surface area contributed by atoms with E-state index in [0.29, 0.717) is 47.1 Å². The van der Waals surface area contributed by atoms with Gasteiger partial charge in [-0.1, -0.05) is 66.7 Å². The van der Waals surface area contributed by atoms with Gasteiger partial charge in [0.2, 0.25) is 0 Å². The zero-order valence-corrected chi connectivity index (χ0v) is 22.4. The second-order valence-corrected chi connectivity index (χ2v) is 9.94. The highest BCUT2D eigenvalue weighted by Gasteiger charge is 2.34. The second-order valence-electron chi connectivity index (χ2n) is 9.94. The molecule has 2 amide bonds. The Kier molecular flexibility index (Phi) is 8.24. The number of hydrogen-bond acceptors (Lipinski definition) is 5. The van der Waals surface area contributed by atoms with Crippen molar-refractivity contribution in [1.29, 1.82) is 0 Å². The highest BCUT2D eigenvalue weighted by Crippen LogP contribution is 2.30. The Labute approximate surface area is 233 Å². The van der Waals surface area contributed by atoms with E-state index in [2.05, 4.69) is 9.98 Å². The van der Waals surface area contributed by atoms with Crippen LogP contribution in [0.25, 0.3) is 0 Å². The van der Waals surface area contributed by atoms with Crippen molar-refractivity contribution in [2.45, 2.75) is 26.2 Å². The van der Waals surface area contributed by atoms with Gasteiger partial charge in [0.25, 0.3) is 11.8 Å². The lowest BCUT2D eigenvalue weighted by atomic mass is 9.89. The third-order valence-corrected chi connectivity index (χ3v) is 6.53. The summed E-state index contributed by atoms with van der Waals surface area (Å²) in [5, 5.41) is 0. The van der Waals surface area contributed by atoms with E-state index in [0.717, 1.165) is 5.56 Å². The fourth-order valence-electron chi connectivity index (χ4n) is 4.32. The van der Waals surface area contributed by atoms with Gasteiger partial charge in [-0.3, -0.25) is 9.59 Å². The first kappa shape index (κ1) is 27.1. The Balaban J connectivity index is 1.55. The van der Waals surface area contributed by atoms with Crippen molar-refractivity contribution in [3.63, 3.8) is 0 Å². The minimum Gasteiger partial charge on any atom is -0.487 e. The molecule has 1 heterocycles. The fourth-order valence-corrected chi connectivity index (χ4v) is 4.32. The van der Waals surface area contributed by atoms with Crippen LogP contribution in [0.4, 0.5) is 0 Å². The highest BCUT2D eigenvalue weighted by atomic mass is 16.7. The zero-order chi connectivity index (χ0) is 28.0. The number of aliphatic imine (C=N–C) groups is 2. The van der Waals surface area contributed by atoms with Crippen LogP contribution in [0.15, 0.2) is 124 Å². The van der Waals surface area contributed by atoms with E-state index in [9.17, 15) is 9.59 Å². The van der Waals surface area contributed by atoms with Crippen molar-refractivity contribution in [3.05, 3.63) is 131 Å². The number of hydrogen-bond donors (Lipinski definition) is 0. The number of benzene rings is 3. The Morgan fingerprint density at radius 1 is 0.750 bits per heavy atom. The number of ether oxygens (including phenoxy) is 3. The van der Waals surface area contributed by atoms with E-state index >= 15 is 0 Å². The van der Waals surface area contributed by atoms with Crippen LogP contribution in [0.2, 0.25) is 0 Å². The molecule has 40 heavy (non-hydrogen) atoms. The molecule has 1 aliphatic carbocycles. The molecule has 2 aliphatic rings. The topological polar surface area (TPSA) is 86.5 Å². The molecule has 0 atom stereocenters. The van der Waals surface area contributed by atoms with E-state index in [1.54, 1.807) is 60.7 Å². The van der Waals surface area contributed by atoms with E-state index in [-0.39, 0.29) is 18.4 Å². The van der Waals surface area contributed by atoms with Crippen LogP contribution in [0.3, 0.4) is 0 Å². The maximum absolute atomic E-state index is 13.1. The molecule has 0 radical (unpaired) electrons. The van der Waals surface area contributed by atoms with E-state index in [1.165, 1.54) is 0 Å². The number of allylic oxidation sites excluding steroid dienone is 2. The molecule has 3 aromatic rings. The molecule has 1 fully saturated rings. The SMILES string of the molecule is CC1(C)OCC(C2=CC(=NC(=O)c3ccccc3)C(OCc3ccccc3)=CC2=NC(=O)c2ccccc2)CO1. The van der Waals surface area contributed by atoms with Crippen LogP contribution in [-0.2, 0) is 20.8 Å². The number of amides is 2. The normalized spacial score (nSPS) is 19.1. The smallest absolute Gasteiger partial charge is 0.277 e. The minimum atomic E-state index is -0.719. The van der Waals surface area contributed by atoms with Gasteiger partial charge in [-0.25, -0.2) is 9.98 Å². The molecular weight excluding hydrogens is 504 g/mol. The zero-order valence-electron chi connectivity index (χ0n) is 22.4. The average Bonchev–Trinajstić information content (AvgIpc) is 2.98. The number of carbonyl (C=O) groups is 2. The van der Waals surface area contributed by atoms with Crippen molar-refractivity contribution in [2.24, 2.45) is 15.9 Å². The average molecular weight is 535 g/mol. The fraction of sp³-hybridized carbons (Fsp3) is 0.212. The molecule has 5 rings (SSSR count). The summed E-state index contributed by atoms with van der Waals surface area (Å²) in [7, 11) is 0. The summed E-state index contributed by atoms with van der Waals surface area (Å²) in [6, 6.07) is 27.4. The summed E-state index contributed by atoms with van der Waals surface area (Å²) < 4.78 is 18.0. The largest absolute Gasteiger partial charge is 0.487 e. The van der Waals surface area contributed by atoms with Crippen LogP contribution in [-0.4, -0.2) is 42.2 Å². The summed E-state index contributed by atoms with van der Waals surface area (Å²) in [5.74, 6) is -1.41. The first-order chi connectivity index (χ1) is 19.4. The lowest BCUT2D eigenvalue weighted by Crippen LogP contribution is -2.41. The molecule has 0 bridgehead atoms. The number of carbonyl (C=O) groups excluding carboxylic acids is 2. The van der Waals surface area contributed by atoms with Crippen molar-refractivity contribution < 1.29 is 23.8 Å². The summed E-state index contributed by atoms with van der Waals surface area (Å²) in [5.41, 5.74) is 3.31. The van der Waals surface area contributed by atoms with Gasteiger partial charge in [0.1, 0.15) is 18.1 Å². The molecule has 0 unspecified atom stereocenters. The Hall–Kier alpha value is -4.46. The van der Waals surface area contributed by atoms with Crippen LogP contribution in [0, 0.1) is 5.92 Å². The van der Waals surface area contributed by atoms with Crippen LogP contribution in [0.5, 0.6) is 0 Å². The first-order valence-electron chi connectivity index (χ1n) is 13.1. The van der Waals surface area contributed by atoms with Gasteiger partial charge < -0.3 is 14.2 Å². The van der Waals surface area contributed by atoms with Gasteiger partial charge >= 0.3 is 0 Å². The molecule has 7 heteroatoms. The van der Waals surface area contributed by atoms with Crippen molar-refractivity contribution in [2.75, 3.05) is 13.2 Å². The van der Waals surface area contributed by atoms with Gasteiger partial charge in [-0.15, -0.1) is 0 Å². The summed E-state index contributed by atoms with van der Waals surface area (Å²) in [6.07, 6.45) is 3.43. The predicted molar refractivity (Wildman–Crippen MR) is 153 cm³/mol. The third kappa shape index (κ3) is 6.75. The van der Waals surface area contributed by atoms with Gasteiger partial charge in [-0.05, 0) is 55.3 Å². The van der Waals surface area contributed by atoms with E-state index in [1.807, 2.05) is 56.3 Å². The number of nitrogens with zero attached hydrogens (tertiary/aromatic N) is 2. The van der Waals surface area contributed by atoms with Crippen LogP contribution < -0.4 is 0 Å². The molecule has 1 aliphatic heterocycles. The molecule has 0 spiro atoms. The van der Waals surface area contributed by atoms with Gasteiger partial charge in [0, 0.05) is 23.1 Å². The van der Waals surface area contributed by atoms with Gasteiger partial charge in [-0.2, -0.15) is 0 Å². The van der Waals surface area contributed by atoms with Gasteiger partial charge in [0.05, 0.1) is 18.9 Å². The van der Waals surface area contributed by atoms with E-state index in [4.69, 9.17) is 14.2 Å². The first-order valence-corrected chi connectivity index (χ1v) is 13.1. The highest BCUT2D eigenvalue weighted by molar-refractivity contribution is 6.27. The summed E-state index contributed by atoms with van der Waals surface area (Å²) >= 11 is 0. The Morgan fingerprint density at radius 3 is 1.80 bits per heavy atom. The van der Waals surface area contributed by atoms with E-state index < -0.39 is 11.7 Å². The lowest BCUT2D eigenvalue weighted by molar-refractivity contribution is -0.256. The van der Waals surface area contributed by atoms with Crippen LogP contribution >= 0.6 is 0 Å². The quantitative estimate of drug-likeness (QED) is 0.363. The van der Waals surface area contributed by atoms with Crippen molar-refractivity contribution >= 4 is 23.2 Å². The lowest BCUT2D eigenvalue weighted by Gasteiger charge is -2.36. The molecule has 7 nitrogen and oxygen atoms in total. The van der Waals surface area contributed by atoms with Gasteiger partial charge in [0.15, 0.2) is 5.79 Å². The van der Waals surface area contributed by atoms with Crippen molar-refractivity contribution in [1.82, 2.24) is 0 Å². The maximum Gasteiger partial charge on any atom is 0.277 e. The monoisotopic (exact) mass is 534 g/mol. The predicted octanol–water partition coefficient (Wildman–Crippen LogP) is 5.99. The molecule has 0 aromatic heterocycles. The Bertz CT molecular complexity index is 1480. The summed E-state index contributed by atoms with van der Waals surface area (Å²) in [6.45, 7) is 4.66. The maximum atomic E-state index is 13.1. The molecule has 3 aromatic carbocycles. The van der Waals surface area contributed by atoms with Crippen molar-refractivity contribution in [3.8, 4) is 0 Å². The third-order valence-electron chi connectivity index (χ3n) is 6.53. The molecule has 1 saturated heterocycles. The second kappa shape index (κ2) is 12.2. The number of rotatable bonds is 6. The molecule has 0 saturated carbocycles. The standard InChI is InChI=1S/C33H30N2O5/c1-33(2)39-21-26(22-40-33)27-18-29(35-32(37)25-16-10-5-11-17-25)30(38-20-23-12-6-3-7-13-23)19-28(27)34-31(36)24-14-8-4-9-15-24/h3-19,26H,20-22H2,1-2H3. The molecular formula is C33H30N2O5.